The van der Waals surface area contributed by atoms with Gasteiger partial charge < -0.3 is 14.8 Å². The van der Waals surface area contributed by atoms with Gasteiger partial charge in [0.15, 0.2) is 0 Å². The summed E-state index contributed by atoms with van der Waals surface area (Å²) >= 11 is 5.87. The number of halogens is 1. The number of aromatic nitrogens is 1. The molecule has 0 aliphatic carbocycles. The summed E-state index contributed by atoms with van der Waals surface area (Å²) in [5, 5.41) is 0.666. The largest absolute Gasteiger partial charge is 0.357 e. The van der Waals surface area contributed by atoms with Crippen molar-refractivity contribution in [3.8, 4) is 0 Å². The molecule has 0 spiro atoms. The number of benzene rings is 1. The highest BCUT2D eigenvalue weighted by Gasteiger charge is 2.23. The van der Waals surface area contributed by atoms with E-state index in [0.717, 1.165) is 12.0 Å². The topological polar surface area (TPSA) is 56.4 Å². The van der Waals surface area contributed by atoms with Crippen LogP contribution in [-0.2, 0) is 11.2 Å². The lowest BCUT2D eigenvalue weighted by molar-refractivity contribution is -0.130. The summed E-state index contributed by atoms with van der Waals surface area (Å²) in [6.07, 6.45) is 2.90. The van der Waals surface area contributed by atoms with E-state index in [1.165, 1.54) is 0 Å². The zero-order valence-electron chi connectivity index (χ0n) is 13.4. The van der Waals surface area contributed by atoms with Crippen LogP contribution in [0.3, 0.4) is 0 Å². The zero-order valence-corrected chi connectivity index (χ0v) is 14.1. The van der Waals surface area contributed by atoms with Crippen LogP contribution in [-0.4, -0.2) is 52.8 Å². The number of carbonyl (C=O) groups is 2. The molecule has 1 aromatic carbocycles. The van der Waals surface area contributed by atoms with Gasteiger partial charge in [0.05, 0.1) is 6.42 Å². The fraction of sp³-hybridized carbons (Fsp3) is 0.333. The molecule has 5 nitrogen and oxygen atoms in total. The van der Waals surface area contributed by atoms with E-state index in [1.54, 1.807) is 29.3 Å². The molecular weight excluding hydrogens is 326 g/mol. The van der Waals surface area contributed by atoms with Crippen molar-refractivity contribution in [3.05, 3.63) is 58.9 Å². The molecule has 0 atom stereocenters. The number of H-pyrrole nitrogens is 1. The fourth-order valence-corrected chi connectivity index (χ4v) is 3.02. The molecule has 3 rings (SSSR count). The maximum absolute atomic E-state index is 12.5. The highest BCUT2D eigenvalue weighted by atomic mass is 35.5. The first kappa shape index (κ1) is 16.6. The third-order valence-corrected chi connectivity index (χ3v) is 4.48. The molecule has 1 saturated heterocycles. The molecule has 126 valence electrons. The molecule has 0 saturated carbocycles. The Morgan fingerprint density at radius 3 is 2.42 bits per heavy atom. The van der Waals surface area contributed by atoms with Crippen LogP contribution in [0.15, 0.2) is 42.6 Å². The Morgan fingerprint density at radius 1 is 1.00 bits per heavy atom. The second-order valence-corrected chi connectivity index (χ2v) is 6.35. The SMILES string of the molecule is O=C(Cc1ccc(Cl)cc1)N1CCCN(C(=O)c2ccc[nH]2)CC1. The number of amides is 2. The smallest absolute Gasteiger partial charge is 0.270 e. The quantitative estimate of drug-likeness (QED) is 0.929. The highest BCUT2D eigenvalue weighted by molar-refractivity contribution is 6.30. The van der Waals surface area contributed by atoms with Gasteiger partial charge in [-0.25, -0.2) is 0 Å². The first-order valence-electron chi connectivity index (χ1n) is 8.08. The first-order valence-corrected chi connectivity index (χ1v) is 8.46. The molecule has 24 heavy (non-hydrogen) atoms. The summed E-state index contributed by atoms with van der Waals surface area (Å²) < 4.78 is 0. The van der Waals surface area contributed by atoms with Gasteiger partial charge in [0.1, 0.15) is 5.69 Å². The Labute approximate surface area is 146 Å². The van der Waals surface area contributed by atoms with Crippen molar-refractivity contribution in [2.75, 3.05) is 26.2 Å². The van der Waals surface area contributed by atoms with Crippen LogP contribution in [0.4, 0.5) is 0 Å². The molecule has 0 radical (unpaired) electrons. The van der Waals surface area contributed by atoms with E-state index in [1.807, 2.05) is 23.1 Å². The molecule has 2 amide bonds. The molecule has 0 bridgehead atoms. The summed E-state index contributed by atoms with van der Waals surface area (Å²) in [4.78, 5) is 31.5. The van der Waals surface area contributed by atoms with Gasteiger partial charge in [-0.3, -0.25) is 9.59 Å². The normalized spacial score (nSPS) is 15.2. The van der Waals surface area contributed by atoms with E-state index in [4.69, 9.17) is 11.6 Å². The Hall–Kier alpha value is -2.27. The zero-order chi connectivity index (χ0) is 16.9. The molecule has 1 N–H and O–H groups in total. The summed E-state index contributed by atoms with van der Waals surface area (Å²) in [6, 6.07) is 10.9. The minimum Gasteiger partial charge on any atom is -0.357 e. The van der Waals surface area contributed by atoms with Crippen molar-refractivity contribution in [1.29, 1.82) is 0 Å². The minimum atomic E-state index is -0.00741. The third kappa shape index (κ3) is 3.97. The lowest BCUT2D eigenvalue weighted by atomic mass is 10.1. The van der Waals surface area contributed by atoms with Crippen LogP contribution in [0.5, 0.6) is 0 Å². The van der Waals surface area contributed by atoms with E-state index in [0.29, 0.717) is 43.3 Å². The Morgan fingerprint density at radius 2 is 1.71 bits per heavy atom. The predicted molar refractivity (Wildman–Crippen MR) is 93.0 cm³/mol. The van der Waals surface area contributed by atoms with Crippen LogP contribution in [0.25, 0.3) is 0 Å². The lowest BCUT2D eigenvalue weighted by Crippen LogP contribution is -2.38. The van der Waals surface area contributed by atoms with Gasteiger partial charge in [-0.2, -0.15) is 0 Å². The molecule has 1 aliphatic heterocycles. The average molecular weight is 346 g/mol. The predicted octanol–water partition coefficient (Wildman–Crippen LogP) is 2.59. The van der Waals surface area contributed by atoms with Crippen molar-refractivity contribution in [1.82, 2.24) is 14.8 Å². The Kier molecular flexibility index (Phi) is 5.20. The number of hydrogen-bond acceptors (Lipinski definition) is 2. The number of nitrogens with zero attached hydrogens (tertiary/aromatic N) is 2. The number of carbonyl (C=O) groups excluding carboxylic acids is 2. The van der Waals surface area contributed by atoms with Gasteiger partial charge in [-0.15, -0.1) is 0 Å². The van der Waals surface area contributed by atoms with Crippen LogP contribution in [0.1, 0.15) is 22.5 Å². The third-order valence-electron chi connectivity index (χ3n) is 4.23. The number of nitrogens with one attached hydrogen (secondary N) is 1. The standard InChI is InChI=1S/C18H20ClN3O2/c19-15-6-4-14(5-7-15)13-17(23)21-9-2-10-22(12-11-21)18(24)16-3-1-8-20-16/h1,3-8,20H,2,9-13H2. The fourth-order valence-electron chi connectivity index (χ4n) is 2.89. The number of rotatable bonds is 3. The monoisotopic (exact) mass is 345 g/mol. The highest BCUT2D eigenvalue weighted by Crippen LogP contribution is 2.13. The van der Waals surface area contributed by atoms with Crippen molar-refractivity contribution < 1.29 is 9.59 Å². The van der Waals surface area contributed by atoms with Crippen LogP contribution in [0, 0.1) is 0 Å². The van der Waals surface area contributed by atoms with Crippen LogP contribution < -0.4 is 0 Å². The van der Waals surface area contributed by atoms with E-state index in [-0.39, 0.29) is 11.8 Å². The average Bonchev–Trinajstić information content (AvgIpc) is 3.00. The van der Waals surface area contributed by atoms with Crippen molar-refractivity contribution in [2.24, 2.45) is 0 Å². The van der Waals surface area contributed by atoms with Gasteiger partial charge in [-0.1, -0.05) is 23.7 Å². The van der Waals surface area contributed by atoms with E-state index < -0.39 is 0 Å². The maximum atomic E-state index is 12.5. The summed E-state index contributed by atoms with van der Waals surface area (Å²) in [7, 11) is 0. The molecule has 1 aromatic heterocycles. The van der Waals surface area contributed by atoms with E-state index >= 15 is 0 Å². The van der Waals surface area contributed by atoms with Crippen molar-refractivity contribution >= 4 is 23.4 Å². The second-order valence-electron chi connectivity index (χ2n) is 5.91. The van der Waals surface area contributed by atoms with Crippen molar-refractivity contribution in [3.63, 3.8) is 0 Å². The number of aromatic amines is 1. The molecule has 0 unspecified atom stereocenters. The summed E-state index contributed by atoms with van der Waals surface area (Å²) in [5.74, 6) is 0.0819. The van der Waals surface area contributed by atoms with Crippen LogP contribution in [0.2, 0.25) is 5.02 Å². The van der Waals surface area contributed by atoms with Crippen LogP contribution >= 0.6 is 11.6 Å². The molecule has 1 fully saturated rings. The molecule has 6 heteroatoms. The summed E-state index contributed by atoms with van der Waals surface area (Å²) in [5.41, 5.74) is 1.55. The van der Waals surface area contributed by atoms with Gasteiger partial charge >= 0.3 is 0 Å². The first-order chi connectivity index (χ1) is 11.6. The molecular formula is C18H20ClN3O2. The minimum absolute atomic E-state index is 0.00741. The lowest BCUT2D eigenvalue weighted by Gasteiger charge is -2.22. The van der Waals surface area contributed by atoms with E-state index in [2.05, 4.69) is 4.98 Å². The van der Waals surface area contributed by atoms with Gasteiger partial charge in [0.2, 0.25) is 5.91 Å². The molecule has 1 aliphatic rings. The second kappa shape index (κ2) is 7.53. The van der Waals surface area contributed by atoms with Gasteiger partial charge in [-0.05, 0) is 36.2 Å². The molecule has 2 heterocycles. The number of hydrogen-bond donors (Lipinski definition) is 1. The molecule has 2 aromatic rings. The van der Waals surface area contributed by atoms with Gasteiger partial charge in [0.25, 0.3) is 5.91 Å². The summed E-state index contributed by atoms with van der Waals surface area (Å²) in [6.45, 7) is 2.48. The van der Waals surface area contributed by atoms with Crippen molar-refractivity contribution in [2.45, 2.75) is 12.8 Å². The Balaban J connectivity index is 1.57. The van der Waals surface area contributed by atoms with Gasteiger partial charge in [0, 0.05) is 37.4 Å². The Bertz CT molecular complexity index is 698. The maximum Gasteiger partial charge on any atom is 0.270 e. The van der Waals surface area contributed by atoms with E-state index in [9.17, 15) is 9.59 Å².